The highest BCUT2D eigenvalue weighted by Crippen LogP contribution is 2.19. The molecule has 0 saturated carbocycles. The number of aryl methyl sites for hydroxylation is 3. The van der Waals surface area contributed by atoms with Crippen molar-refractivity contribution in [3.63, 3.8) is 0 Å². The first-order valence-electron chi connectivity index (χ1n) is 9.24. The number of nitrogens with two attached hydrogens (primary N) is 2. The zero-order chi connectivity index (χ0) is 19.5. The summed E-state index contributed by atoms with van der Waals surface area (Å²) >= 11 is 3.44. The van der Waals surface area contributed by atoms with Gasteiger partial charge in [-0.2, -0.15) is 0 Å². The van der Waals surface area contributed by atoms with E-state index in [2.05, 4.69) is 29.0 Å². The summed E-state index contributed by atoms with van der Waals surface area (Å²) in [6.45, 7) is 0.198. The fraction of sp³-hybridized carbons (Fsp3) is 0.238. The van der Waals surface area contributed by atoms with E-state index in [9.17, 15) is 4.79 Å². The van der Waals surface area contributed by atoms with Gasteiger partial charge < -0.3 is 11.5 Å². The molecule has 0 radical (unpaired) electrons. The first kappa shape index (κ1) is 21.5. The van der Waals surface area contributed by atoms with E-state index >= 15 is 0 Å². The molecule has 0 aliphatic carbocycles. The van der Waals surface area contributed by atoms with Crippen molar-refractivity contribution in [1.29, 1.82) is 0 Å². The summed E-state index contributed by atoms with van der Waals surface area (Å²) in [4.78, 5) is 20.8. The minimum atomic E-state index is -0.0458. The lowest BCUT2D eigenvalue weighted by Gasteiger charge is -2.14. The normalized spacial score (nSPS) is 10.9. The molecule has 0 bridgehead atoms. The van der Waals surface area contributed by atoms with Gasteiger partial charge >= 0.3 is 0 Å². The number of pyridine rings is 1. The lowest BCUT2D eigenvalue weighted by Crippen LogP contribution is -2.27. The molecule has 0 saturated heterocycles. The molecule has 0 fully saturated rings. The average Bonchev–Trinajstić information content (AvgIpc) is 3.40. The number of aromatic nitrogens is 2. The van der Waals surface area contributed by atoms with Gasteiger partial charge in [-0.05, 0) is 60.7 Å². The molecule has 0 aliphatic heterocycles. The van der Waals surface area contributed by atoms with E-state index in [0.29, 0.717) is 23.4 Å². The van der Waals surface area contributed by atoms with Crippen molar-refractivity contribution >= 4 is 46.4 Å². The molecule has 4 aromatic rings. The summed E-state index contributed by atoms with van der Waals surface area (Å²) in [7, 11) is 0. The predicted molar refractivity (Wildman–Crippen MR) is 124 cm³/mol. The Kier molecular flexibility index (Phi) is 7.08. The number of anilines is 1. The van der Waals surface area contributed by atoms with Gasteiger partial charge in [0.1, 0.15) is 5.65 Å². The Hall–Kier alpha value is -2.19. The van der Waals surface area contributed by atoms with Gasteiger partial charge in [-0.1, -0.05) is 12.1 Å². The fourth-order valence-electron chi connectivity index (χ4n) is 3.45. The topological polar surface area (TPSA) is 86.4 Å². The second kappa shape index (κ2) is 9.54. The summed E-state index contributed by atoms with van der Waals surface area (Å²) < 4.78 is 1.59. The Morgan fingerprint density at radius 2 is 1.59 bits per heavy atom. The highest BCUT2D eigenvalue weighted by molar-refractivity contribution is 7.10. The summed E-state index contributed by atoms with van der Waals surface area (Å²) in [5.74, 6) is 0. The molecule has 4 heterocycles. The molecular weight excluding hydrogens is 424 g/mol. The third-order valence-corrected chi connectivity index (χ3v) is 6.76. The Morgan fingerprint density at radius 1 is 0.931 bits per heavy atom. The first-order chi connectivity index (χ1) is 13.7. The summed E-state index contributed by atoms with van der Waals surface area (Å²) in [6.07, 6.45) is 3.11. The van der Waals surface area contributed by atoms with Crippen LogP contribution in [0.1, 0.15) is 26.7 Å². The van der Waals surface area contributed by atoms with Crippen molar-refractivity contribution in [3.8, 4) is 0 Å². The lowest BCUT2D eigenvalue weighted by molar-refractivity contribution is 0.811. The maximum absolute atomic E-state index is 13.4. The molecule has 0 aromatic carbocycles. The van der Waals surface area contributed by atoms with E-state index in [4.69, 9.17) is 16.5 Å². The maximum atomic E-state index is 13.4. The zero-order valence-electron chi connectivity index (χ0n) is 15.8. The van der Waals surface area contributed by atoms with Crippen molar-refractivity contribution in [2.24, 2.45) is 5.73 Å². The maximum Gasteiger partial charge on any atom is 0.261 e. The van der Waals surface area contributed by atoms with Gasteiger partial charge in [0.15, 0.2) is 0 Å². The third kappa shape index (κ3) is 4.53. The fourth-order valence-corrected chi connectivity index (χ4v) is 4.87. The Balaban J connectivity index is 0.00000240. The quantitative estimate of drug-likeness (QED) is 0.451. The number of nitrogen functional groups attached to an aromatic ring is 1. The van der Waals surface area contributed by atoms with Crippen LogP contribution < -0.4 is 17.0 Å². The van der Waals surface area contributed by atoms with Crippen LogP contribution in [0.25, 0.3) is 5.65 Å². The predicted octanol–water partition coefficient (Wildman–Crippen LogP) is 3.85. The molecule has 0 spiro atoms. The van der Waals surface area contributed by atoms with E-state index in [1.165, 1.54) is 9.75 Å². The van der Waals surface area contributed by atoms with Crippen LogP contribution in [0.3, 0.4) is 0 Å². The Labute approximate surface area is 183 Å². The van der Waals surface area contributed by atoms with Crippen molar-refractivity contribution in [1.82, 2.24) is 9.38 Å². The summed E-state index contributed by atoms with van der Waals surface area (Å²) in [5, 5.41) is 4.14. The minimum Gasteiger partial charge on any atom is -0.397 e. The van der Waals surface area contributed by atoms with Gasteiger partial charge in [-0.15, -0.1) is 35.1 Å². The van der Waals surface area contributed by atoms with E-state index in [-0.39, 0.29) is 24.5 Å². The second-order valence-corrected chi connectivity index (χ2v) is 8.70. The average molecular weight is 447 g/mol. The largest absolute Gasteiger partial charge is 0.397 e. The molecule has 4 rings (SSSR count). The van der Waals surface area contributed by atoms with Crippen LogP contribution in [-0.4, -0.2) is 9.38 Å². The highest BCUT2D eigenvalue weighted by atomic mass is 35.5. The van der Waals surface area contributed by atoms with Crippen LogP contribution in [0.2, 0.25) is 0 Å². The van der Waals surface area contributed by atoms with Gasteiger partial charge in [-0.25, -0.2) is 4.98 Å². The number of nitrogens with zero attached hydrogens (tertiary/aromatic N) is 2. The van der Waals surface area contributed by atoms with Crippen LogP contribution >= 0.6 is 35.1 Å². The second-order valence-electron chi connectivity index (χ2n) is 6.63. The Morgan fingerprint density at radius 3 is 2.17 bits per heavy atom. The molecule has 29 heavy (non-hydrogen) atoms. The zero-order valence-corrected chi connectivity index (χ0v) is 18.3. The number of thiophene rings is 2. The highest BCUT2D eigenvalue weighted by Gasteiger charge is 2.16. The van der Waals surface area contributed by atoms with Crippen molar-refractivity contribution in [2.75, 3.05) is 5.73 Å². The van der Waals surface area contributed by atoms with Gasteiger partial charge in [0.05, 0.1) is 17.1 Å². The van der Waals surface area contributed by atoms with Gasteiger partial charge in [0.2, 0.25) is 0 Å². The van der Waals surface area contributed by atoms with Crippen LogP contribution in [0, 0.1) is 0 Å². The van der Waals surface area contributed by atoms with E-state index in [0.717, 1.165) is 30.5 Å². The van der Waals surface area contributed by atoms with Crippen LogP contribution in [-0.2, 0) is 32.2 Å². The molecule has 0 amide bonds. The van der Waals surface area contributed by atoms with Gasteiger partial charge in [0.25, 0.3) is 5.56 Å². The molecule has 0 atom stereocenters. The Bertz CT molecular complexity index is 1140. The third-order valence-electron chi connectivity index (χ3n) is 4.89. The van der Waals surface area contributed by atoms with E-state index in [1.54, 1.807) is 39.2 Å². The van der Waals surface area contributed by atoms with E-state index < -0.39 is 0 Å². The summed E-state index contributed by atoms with van der Waals surface area (Å²) in [6, 6.07) is 11.9. The number of halogens is 1. The van der Waals surface area contributed by atoms with Gasteiger partial charge in [0, 0.05) is 21.9 Å². The molecule has 0 aliphatic rings. The minimum absolute atomic E-state index is 0. The van der Waals surface area contributed by atoms with Gasteiger partial charge in [-0.3, -0.25) is 9.20 Å². The molecule has 4 aromatic heterocycles. The molecule has 152 valence electrons. The summed E-state index contributed by atoms with van der Waals surface area (Å²) in [5.41, 5.74) is 15.3. The lowest BCUT2D eigenvalue weighted by atomic mass is 10.0. The number of fused-ring (bicyclic) bond motifs is 1. The van der Waals surface area contributed by atoms with Crippen molar-refractivity contribution < 1.29 is 0 Å². The standard InChI is InChI=1S/C21H22N4OS2.ClH/c22-13-19-17(23)8-10-20-24-18(9-6-15-4-2-12-28-15)16(21(26)25(19)20)7-5-14-3-1-11-27-14;/h1-4,8,10-12H,5-7,9,13,22-23H2;1H. The smallest absolute Gasteiger partial charge is 0.261 e. The molecule has 8 heteroatoms. The SMILES string of the molecule is Cl.NCc1c(N)ccc2nc(CCc3cccs3)c(CCc3cccs3)c(=O)n12. The monoisotopic (exact) mass is 446 g/mol. The van der Waals surface area contributed by atoms with Crippen LogP contribution in [0.15, 0.2) is 52.0 Å². The van der Waals surface area contributed by atoms with E-state index in [1.807, 2.05) is 6.07 Å². The van der Waals surface area contributed by atoms with Crippen molar-refractivity contribution in [2.45, 2.75) is 32.2 Å². The van der Waals surface area contributed by atoms with Crippen LogP contribution in [0.5, 0.6) is 0 Å². The van der Waals surface area contributed by atoms with Crippen LogP contribution in [0.4, 0.5) is 5.69 Å². The number of hydrogen-bond acceptors (Lipinski definition) is 6. The molecular formula is C21H23ClN4OS2. The van der Waals surface area contributed by atoms with Crippen molar-refractivity contribution in [3.05, 3.63) is 84.2 Å². The molecule has 4 N–H and O–H groups in total. The molecule has 5 nitrogen and oxygen atoms in total. The first-order valence-corrected chi connectivity index (χ1v) is 11.0. The number of hydrogen-bond donors (Lipinski definition) is 2. The number of rotatable bonds is 7. The molecule has 0 unspecified atom stereocenters.